The second kappa shape index (κ2) is 5.39. The number of rotatable bonds is 3. The van der Waals surface area contributed by atoms with Gasteiger partial charge >= 0.3 is 0 Å². The standard InChI is InChI=1S/C9H9BrN2O2/c1-14-11-12(13)7-6-8-2-4-9(10)5-3-8/h2-7H,1H3. The van der Waals surface area contributed by atoms with Crippen molar-refractivity contribution in [2.75, 3.05) is 7.11 Å². The van der Waals surface area contributed by atoms with Gasteiger partial charge in [0, 0.05) is 10.5 Å². The van der Waals surface area contributed by atoms with Gasteiger partial charge in [-0.1, -0.05) is 28.1 Å². The average molecular weight is 257 g/mol. The van der Waals surface area contributed by atoms with Crippen molar-refractivity contribution in [3.05, 3.63) is 45.7 Å². The molecule has 0 saturated carbocycles. The van der Waals surface area contributed by atoms with Gasteiger partial charge in [0.15, 0.2) is 0 Å². The summed E-state index contributed by atoms with van der Waals surface area (Å²) in [7, 11) is 1.32. The molecule has 0 unspecified atom stereocenters. The van der Waals surface area contributed by atoms with Crippen LogP contribution in [-0.4, -0.2) is 12.0 Å². The summed E-state index contributed by atoms with van der Waals surface area (Å²) in [6.45, 7) is 0. The molecule has 0 amide bonds. The molecular formula is C9H9BrN2O2. The molecule has 0 spiro atoms. The van der Waals surface area contributed by atoms with Crippen molar-refractivity contribution in [2.24, 2.45) is 5.28 Å². The van der Waals surface area contributed by atoms with E-state index in [-0.39, 0.29) is 0 Å². The Kier molecular flexibility index (Phi) is 4.12. The quantitative estimate of drug-likeness (QED) is 0.474. The summed E-state index contributed by atoms with van der Waals surface area (Å²) in [5.74, 6) is 0. The van der Waals surface area contributed by atoms with E-state index in [9.17, 15) is 5.21 Å². The number of hydroxylamine groups is 1. The molecule has 0 N–H and O–H groups in total. The van der Waals surface area contributed by atoms with Crippen LogP contribution in [0.1, 0.15) is 5.56 Å². The molecule has 0 heterocycles. The van der Waals surface area contributed by atoms with Gasteiger partial charge in [0.25, 0.3) is 0 Å². The highest BCUT2D eigenvalue weighted by atomic mass is 79.9. The first-order valence-corrected chi connectivity index (χ1v) is 4.66. The molecule has 0 aromatic heterocycles. The lowest BCUT2D eigenvalue weighted by Crippen LogP contribution is -1.88. The monoisotopic (exact) mass is 256 g/mol. The maximum absolute atomic E-state index is 10.8. The molecule has 0 atom stereocenters. The third kappa shape index (κ3) is 3.57. The molecule has 0 aliphatic heterocycles. The van der Waals surface area contributed by atoms with Crippen LogP contribution in [0.25, 0.3) is 6.08 Å². The Labute approximate surface area is 90.2 Å². The smallest absolute Gasteiger partial charge is 0.213 e. The van der Waals surface area contributed by atoms with Crippen molar-refractivity contribution in [3.63, 3.8) is 0 Å². The van der Waals surface area contributed by atoms with Crippen LogP contribution in [0.4, 0.5) is 0 Å². The lowest BCUT2D eigenvalue weighted by molar-refractivity contribution is -0.490. The second-order valence-electron chi connectivity index (χ2n) is 2.43. The largest absolute Gasteiger partial charge is 0.592 e. The van der Waals surface area contributed by atoms with Crippen LogP contribution < -0.4 is 0 Å². The van der Waals surface area contributed by atoms with E-state index in [1.54, 1.807) is 6.08 Å². The first kappa shape index (κ1) is 10.7. The van der Waals surface area contributed by atoms with Gasteiger partial charge in [-0.05, 0) is 22.6 Å². The van der Waals surface area contributed by atoms with Crippen LogP contribution in [0.3, 0.4) is 0 Å². The molecule has 1 rings (SSSR count). The van der Waals surface area contributed by atoms with Crippen molar-refractivity contribution in [1.29, 1.82) is 0 Å². The molecule has 0 aliphatic carbocycles. The number of benzene rings is 1. The van der Waals surface area contributed by atoms with Crippen LogP contribution in [0.2, 0.25) is 0 Å². The minimum atomic E-state index is 0.349. The third-order valence-electron chi connectivity index (χ3n) is 1.43. The zero-order valence-corrected chi connectivity index (χ0v) is 9.14. The fraction of sp³-hybridized carbons (Fsp3) is 0.111. The zero-order chi connectivity index (χ0) is 10.4. The van der Waals surface area contributed by atoms with Crippen molar-refractivity contribution in [3.8, 4) is 0 Å². The van der Waals surface area contributed by atoms with Crippen LogP contribution in [0, 0.1) is 5.21 Å². The molecule has 5 heteroatoms. The first-order valence-electron chi connectivity index (χ1n) is 3.86. The van der Waals surface area contributed by atoms with Crippen molar-refractivity contribution >= 4 is 22.0 Å². The lowest BCUT2D eigenvalue weighted by atomic mass is 10.2. The topological polar surface area (TPSA) is 47.7 Å². The van der Waals surface area contributed by atoms with E-state index in [4.69, 9.17) is 0 Å². The highest BCUT2D eigenvalue weighted by molar-refractivity contribution is 9.10. The second-order valence-corrected chi connectivity index (χ2v) is 3.35. The maximum Gasteiger partial charge on any atom is 0.213 e. The molecular weight excluding hydrogens is 248 g/mol. The minimum absolute atomic E-state index is 0.349. The predicted molar refractivity (Wildman–Crippen MR) is 56.2 cm³/mol. The van der Waals surface area contributed by atoms with E-state index in [0.29, 0.717) is 4.86 Å². The zero-order valence-electron chi connectivity index (χ0n) is 7.55. The summed E-state index contributed by atoms with van der Waals surface area (Å²) in [4.78, 5) is 4.64. The van der Waals surface area contributed by atoms with E-state index in [0.717, 1.165) is 10.0 Å². The van der Waals surface area contributed by atoms with Crippen LogP contribution >= 0.6 is 15.9 Å². The van der Waals surface area contributed by atoms with Gasteiger partial charge in [-0.2, -0.15) is 0 Å². The molecule has 0 radical (unpaired) electrons. The third-order valence-corrected chi connectivity index (χ3v) is 1.96. The summed E-state index contributed by atoms with van der Waals surface area (Å²) in [6.07, 6.45) is 2.91. The summed E-state index contributed by atoms with van der Waals surface area (Å²) < 4.78 is 0.996. The molecule has 74 valence electrons. The van der Waals surface area contributed by atoms with Crippen LogP contribution in [-0.2, 0) is 4.84 Å². The molecule has 0 fully saturated rings. The van der Waals surface area contributed by atoms with E-state index in [2.05, 4.69) is 26.0 Å². The van der Waals surface area contributed by atoms with Gasteiger partial charge in [-0.25, -0.2) is 0 Å². The molecule has 0 saturated heterocycles. The Hall–Kier alpha value is -1.36. The SMILES string of the molecule is CON=[N+]([O-])C=Cc1ccc(Br)cc1. The number of halogens is 1. The fourth-order valence-electron chi connectivity index (χ4n) is 0.831. The van der Waals surface area contributed by atoms with Gasteiger partial charge in [0.05, 0.1) is 0 Å². The van der Waals surface area contributed by atoms with Gasteiger partial charge in [-0.3, -0.25) is 0 Å². The van der Waals surface area contributed by atoms with Gasteiger partial charge < -0.3 is 10.0 Å². The Bertz CT molecular complexity index is 346. The van der Waals surface area contributed by atoms with Crippen LogP contribution in [0.5, 0.6) is 0 Å². The number of nitrogens with zero attached hydrogens (tertiary/aromatic N) is 2. The highest BCUT2D eigenvalue weighted by Gasteiger charge is 1.90. The Morgan fingerprint density at radius 3 is 2.64 bits per heavy atom. The predicted octanol–water partition coefficient (Wildman–Crippen LogP) is 2.94. The number of hydrogen-bond acceptors (Lipinski definition) is 3. The molecule has 1 aromatic rings. The Morgan fingerprint density at radius 2 is 2.07 bits per heavy atom. The summed E-state index contributed by atoms with van der Waals surface area (Å²) >= 11 is 3.32. The highest BCUT2D eigenvalue weighted by Crippen LogP contribution is 2.11. The van der Waals surface area contributed by atoms with Gasteiger partial charge in [-0.15, -0.1) is 0 Å². The molecule has 0 aliphatic rings. The summed E-state index contributed by atoms with van der Waals surface area (Å²) in [6, 6.07) is 7.53. The van der Waals surface area contributed by atoms with Gasteiger partial charge in [0.2, 0.25) is 11.5 Å². The number of hydrogen-bond donors (Lipinski definition) is 0. The van der Waals surface area contributed by atoms with Crippen molar-refractivity contribution in [1.82, 2.24) is 0 Å². The molecule has 0 bridgehead atoms. The average Bonchev–Trinajstić information content (AvgIpc) is 2.17. The van der Waals surface area contributed by atoms with Crippen LogP contribution in [0.15, 0.2) is 40.2 Å². The van der Waals surface area contributed by atoms with E-state index >= 15 is 0 Å². The van der Waals surface area contributed by atoms with Gasteiger partial charge in [0.1, 0.15) is 7.11 Å². The molecule has 14 heavy (non-hydrogen) atoms. The van der Waals surface area contributed by atoms with Crippen molar-refractivity contribution in [2.45, 2.75) is 0 Å². The van der Waals surface area contributed by atoms with Crippen molar-refractivity contribution < 1.29 is 9.70 Å². The molecule has 4 nitrogen and oxygen atoms in total. The van der Waals surface area contributed by atoms with E-state index in [1.807, 2.05) is 24.3 Å². The summed E-state index contributed by atoms with van der Waals surface area (Å²) in [5.41, 5.74) is 0.917. The minimum Gasteiger partial charge on any atom is -0.592 e. The molecule has 1 aromatic carbocycles. The maximum atomic E-state index is 10.8. The van der Waals surface area contributed by atoms with E-state index < -0.39 is 0 Å². The first-order chi connectivity index (χ1) is 6.72. The Balaban J connectivity index is 2.69. The normalized spacial score (nSPS) is 12.0. The Morgan fingerprint density at radius 1 is 1.43 bits per heavy atom. The lowest BCUT2D eigenvalue weighted by Gasteiger charge is -1.93. The summed E-state index contributed by atoms with van der Waals surface area (Å²) in [5, 5.41) is 14.0. The van der Waals surface area contributed by atoms with E-state index in [1.165, 1.54) is 13.3 Å². The fourth-order valence-corrected chi connectivity index (χ4v) is 1.10.